The van der Waals surface area contributed by atoms with Crippen molar-refractivity contribution >= 4 is 11.9 Å². The third-order valence-electron chi connectivity index (χ3n) is 1.53. The quantitative estimate of drug-likeness (QED) is 0.527. The van der Waals surface area contributed by atoms with Crippen LogP contribution in [0.15, 0.2) is 0 Å². The van der Waals surface area contributed by atoms with Crippen LogP contribution in [0.25, 0.3) is 0 Å². The van der Waals surface area contributed by atoms with Crippen molar-refractivity contribution in [3.63, 3.8) is 0 Å². The van der Waals surface area contributed by atoms with Crippen molar-refractivity contribution in [2.45, 2.75) is 26.3 Å². The van der Waals surface area contributed by atoms with Gasteiger partial charge in [-0.1, -0.05) is 13.8 Å². The Morgan fingerprint density at radius 3 is 2.31 bits per heavy atom. The highest BCUT2D eigenvalue weighted by Crippen LogP contribution is 2.04. The molecule has 0 fully saturated rings. The van der Waals surface area contributed by atoms with Crippen molar-refractivity contribution in [2.24, 2.45) is 11.7 Å². The molecular formula is C8H16N2O3. The number of carboxylic acid groups (broad SMARTS) is 1. The summed E-state index contributed by atoms with van der Waals surface area (Å²) in [5.41, 5.74) is 4.88. The number of aliphatic carboxylic acids is 1. The molecule has 0 aromatic rings. The first-order valence-electron chi connectivity index (χ1n) is 4.18. The van der Waals surface area contributed by atoms with E-state index in [0.29, 0.717) is 6.42 Å². The molecule has 0 saturated carbocycles. The van der Waals surface area contributed by atoms with Crippen LogP contribution in [0, 0.1) is 5.92 Å². The average Bonchev–Trinajstić information content (AvgIpc) is 1.96. The molecule has 0 rings (SSSR count). The highest BCUT2D eigenvalue weighted by atomic mass is 16.4. The molecule has 76 valence electrons. The van der Waals surface area contributed by atoms with Gasteiger partial charge in [-0.3, -0.25) is 14.9 Å². The van der Waals surface area contributed by atoms with Crippen LogP contribution in [0.4, 0.5) is 0 Å². The van der Waals surface area contributed by atoms with Crippen LogP contribution in [0.1, 0.15) is 20.3 Å². The molecule has 0 heterocycles. The predicted molar refractivity (Wildman–Crippen MR) is 48.1 cm³/mol. The lowest BCUT2D eigenvalue weighted by molar-refractivity contribution is -0.140. The Labute approximate surface area is 77.3 Å². The van der Waals surface area contributed by atoms with Gasteiger partial charge in [0, 0.05) is 0 Å². The zero-order valence-electron chi connectivity index (χ0n) is 7.91. The molecule has 0 aliphatic carbocycles. The molecule has 0 aromatic carbocycles. The van der Waals surface area contributed by atoms with Crippen LogP contribution in [-0.2, 0) is 9.59 Å². The molecule has 0 bridgehead atoms. The van der Waals surface area contributed by atoms with Gasteiger partial charge < -0.3 is 10.8 Å². The Balaban J connectivity index is 3.95. The molecular weight excluding hydrogens is 172 g/mol. The number of carbonyl (C=O) groups is 2. The summed E-state index contributed by atoms with van der Waals surface area (Å²) in [5, 5.41) is 11.3. The minimum atomic E-state index is -0.949. The van der Waals surface area contributed by atoms with Crippen molar-refractivity contribution < 1.29 is 14.7 Å². The van der Waals surface area contributed by atoms with Crippen LogP contribution in [-0.4, -0.2) is 29.6 Å². The van der Waals surface area contributed by atoms with Gasteiger partial charge in [0.2, 0.25) is 5.91 Å². The molecule has 0 aliphatic rings. The lowest BCUT2D eigenvalue weighted by Crippen LogP contribution is -2.42. The minimum Gasteiger partial charge on any atom is -0.480 e. The van der Waals surface area contributed by atoms with E-state index >= 15 is 0 Å². The molecule has 1 amide bonds. The molecule has 1 unspecified atom stereocenters. The maximum absolute atomic E-state index is 10.6. The summed E-state index contributed by atoms with van der Waals surface area (Å²) in [7, 11) is 0. The highest BCUT2D eigenvalue weighted by molar-refractivity contribution is 5.78. The van der Waals surface area contributed by atoms with Gasteiger partial charge in [0.05, 0.1) is 6.54 Å². The summed E-state index contributed by atoms with van der Waals surface area (Å²) in [5.74, 6) is -1.23. The number of primary amides is 1. The van der Waals surface area contributed by atoms with Gasteiger partial charge >= 0.3 is 5.97 Å². The Hall–Kier alpha value is -1.10. The molecule has 13 heavy (non-hydrogen) atoms. The Morgan fingerprint density at radius 1 is 1.46 bits per heavy atom. The van der Waals surface area contributed by atoms with Gasteiger partial charge in [-0.15, -0.1) is 0 Å². The summed E-state index contributed by atoms with van der Waals surface area (Å²) in [6.45, 7) is 3.74. The molecule has 1 atom stereocenters. The summed E-state index contributed by atoms with van der Waals surface area (Å²) in [4.78, 5) is 21.0. The standard InChI is InChI=1S/C8H16N2O3/c1-5(2)3-6(8(12)13)10-4-7(9)11/h5-6,10H,3-4H2,1-2H3,(H2,9,11)(H,12,13). The third kappa shape index (κ3) is 6.10. The van der Waals surface area contributed by atoms with Gasteiger partial charge in [0.15, 0.2) is 0 Å². The number of carbonyl (C=O) groups excluding carboxylic acids is 1. The Morgan fingerprint density at radius 2 is 2.00 bits per heavy atom. The normalized spacial score (nSPS) is 12.8. The SMILES string of the molecule is CC(C)CC(NCC(N)=O)C(=O)O. The number of hydrogen-bond donors (Lipinski definition) is 3. The molecule has 0 saturated heterocycles. The number of nitrogens with two attached hydrogens (primary N) is 1. The topological polar surface area (TPSA) is 92.4 Å². The van der Waals surface area contributed by atoms with Crippen molar-refractivity contribution in [3.05, 3.63) is 0 Å². The summed E-state index contributed by atoms with van der Waals surface area (Å²) in [6, 6.07) is -0.688. The van der Waals surface area contributed by atoms with Crippen molar-refractivity contribution in [3.8, 4) is 0 Å². The smallest absolute Gasteiger partial charge is 0.320 e. The first-order valence-corrected chi connectivity index (χ1v) is 4.18. The maximum Gasteiger partial charge on any atom is 0.320 e. The van der Waals surface area contributed by atoms with Crippen LogP contribution in [0.2, 0.25) is 0 Å². The lowest BCUT2D eigenvalue weighted by atomic mass is 10.0. The van der Waals surface area contributed by atoms with Gasteiger partial charge in [-0.2, -0.15) is 0 Å². The molecule has 4 N–H and O–H groups in total. The maximum atomic E-state index is 10.6. The van der Waals surface area contributed by atoms with Crippen molar-refractivity contribution in [1.29, 1.82) is 0 Å². The third-order valence-corrected chi connectivity index (χ3v) is 1.53. The fraction of sp³-hybridized carbons (Fsp3) is 0.750. The Kier molecular flexibility index (Phi) is 5.06. The second-order valence-electron chi connectivity index (χ2n) is 3.37. The molecule has 0 radical (unpaired) electrons. The zero-order chi connectivity index (χ0) is 10.4. The number of rotatable bonds is 6. The predicted octanol–water partition coefficient (Wildman–Crippen LogP) is -0.439. The van der Waals surface area contributed by atoms with E-state index in [2.05, 4.69) is 5.32 Å². The minimum absolute atomic E-state index is 0.0936. The van der Waals surface area contributed by atoms with Crippen LogP contribution < -0.4 is 11.1 Å². The second kappa shape index (κ2) is 5.53. The Bertz CT molecular complexity index is 192. The summed E-state index contributed by atoms with van der Waals surface area (Å²) in [6.07, 6.45) is 0.489. The van der Waals surface area contributed by atoms with E-state index in [-0.39, 0.29) is 12.5 Å². The average molecular weight is 188 g/mol. The van der Waals surface area contributed by atoms with E-state index < -0.39 is 17.9 Å². The van der Waals surface area contributed by atoms with Crippen LogP contribution in [0.5, 0.6) is 0 Å². The number of nitrogens with one attached hydrogen (secondary N) is 1. The summed E-state index contributed by atoms with van der Waals surface area (Å²) >= 11 is 0. The van der Waals surface area contributed by atoms with E-state index in [1.54, 1.807) is 0 Å². The highest BCUT2D eigenvalue weighted by Gasteiger charge is 2.18. The fourth-order valence-corrected chi connectivity index (χ4v) is 0.967. The van der Waals surface area contributed by atoms with E-state index in [9.17, 15) is 9.59 Å². The molecule has 0 spiro atoms. The van der Waals surface area contributed by atoms with Gasteiger partial charge in [0.25, 0.3) is 0 Å². The van der Waals surface area contributed by atoms with Crippen LogP contribution in [0.3, 0.4) is 0 Å². The first-order chi connectivity index (χ1) is 5.93. The van der Waals surface area contributed by atoms with E-state index in [0.717, 1.165) is 0 Å². The number of amides is 1. The summed E-state index contributed by atoms with van der Waals surface area (Å²) < 4.78 is 0. The van der Waals surface area contributed by atoms with E-state index in [4.69, 9.17) is 10.8 Å². The molecule has 0 aliphatic heterocycles. The van der Waals surface area contributed by atoms with Crippen molar-refractivity contribution in [1.82, 2.24) is 5.32 Å². The molecule has 0 aromatic heterocycles. The largest absolute Gasteiger partial charge is 0.480 e. The van der Waals surface area contributed by atoms with E-state index in [1.807, 2.05) is 13.8 Å². The van der Waals surface area contributed by atoms with Crippen LogP contribution >= 0.6 is 0 Å². The zero-order valence-corrected chi connectivity index (χ0v) is 7.91. The second-order valence-corrected chi connectivity index (χ2v) is 3.37. The number of hydrogen-bond acceptors (Lipinski definition) is 3. The van der Waals surface area contributed by atoms with Gasteiger partial charge in [-0.05, 0) is 12.3 Å². The monoisotopic (exact) mass is 188 g/mol. The van der Waals surface area contributed by atoms with Gasteiger partial charge in [-0.25, -0.2) is 0 Å². The molecule has 5 heteroatoms. The van der Waals surface area contributed by atoms with Gasteiger partial charge in [0.1, 0.15) is 6.04 Å². The number of carboxylic acids is 1. The first kappa shape index (κ1) is 11.9. The van der Waals surface area contributed by atoms with E-state index in [1.165, 1.54) is 0 Å². The fourth-order valence-electron chi connectivity index (χ4n) is 0.967. The molecule has 5 nitrogen and oxygen atoms in total. The lowest BCUT2D eigenvalue weighted by Gasteiger charge is -2.14. The van der Waals surface area contributed by atoms with Crippen molar-refractivity contribution in [2.75, 3.05) is 6.54 Å².